The number of carbonyl (C=O) groups is 2. The van der Waals surface area contributed by atoms with Crippen LogP contribution >= 0.6 is 0 Å². The van der Waals surface area contributed by atoms with Crippen molar-refractivity contribution in [2.24, 2.45) is 0 Å². The second-order valence-corrected chi connectivity index (χ2v) is 7.86. The molecule has 2 saturated carbocycles. The van der Waals surface area contributed by atoms with E-state index in [-0.39, 0.29) is 11.4 Å². The predicted octanol–water partition coefficient (Wildman–Crippen LogP) is 2.64. The minimum absolute atomic E-state index is 0.200. The van der Waals surface area contributed by atoms with Crippen molar-refractivity contribution in [2.45, 2.75) is 76.3 Å². The van der Waals surface area contributed by atoms with Crippen LogP contribution in [-0.2, 0) is 10.3 Å². The zero-order valence-corrected chi connectivity index (χ0v) is 14.1. The zero-order valence-electron chi connectivity index (χ0n) is 14.1. The summed E-state index contributed by atoms with van der Waals surface area (Å²) in [7, 11) is 0. The summed E-state index contributed by atoms with van der Waals surface area (Å²) in [5, 5.41) is 16.7. The summed E-state index contributed by atoms with van der Waals surface area (Å²) in [5.74, 6) is -0.844. The minimum Gasteiger partial charge on any atom is -0.480 e. The third-order valence-corrected chi connectivity index (χ3v) is 4.82. The average molecular weight is 319 g/mol. The van der Waals surface area contributed by atoms with E-state index in [2.05, 4.69) is 31.2 Å². The summed E-state index contributed by atoms with van der Waals surface area (Å²) >= 11 is 0. The second kappa shape index (κ2) is 5.35. The largest absolute Gasteiger partial charge is 0.480 e. The lowest BCUT2D eigenvalue weighted by molar-refractivity contribution is -0.144. The number of hydrogen-bond donors (Lipinski definition) is 2. The monoisotopic (exact) mass is 319 g/mol. The Morgan fingerprint density at radius 1 is 1.30 bits per heavy atom. The van der Waals surface area contributed by atoms with E-state index in [1.54, 1.807) is 0 Å². The molecular weight excluding hydrogens is 294 g/mol. The first-order valence-electron chi connectivity index (χ1n) is 8.39. The number of hydrogen-bond acceptors (Lipinski definition) is 3. The van der Waals surface area contributed by atoms with Crippen LogP contribution in [0.1, 0.15) is 81.4 Å². The lowest BCUT2D eigenvalue weighted by atomic mass is 9.97. The van der Waals surface area contributed by atoms with Gasteiger partial charge in [0.15, 0.2) is 5.69 Å². The van der Waals surface area contributed by atoms with Gasteiger partial charge in [-0.2, -0.15) is 5.10 Å². The molecule has 6 heteroatoms. The SMILES string of the molecule is CC(C)(C)n1nc(C(=O)NC2(C(=O)O)CCCC2)cc1C1CC1. The molecule has 1 aromatic rings. The van der Waals surface area contributed by atoms with Gasteiger partial charge in [0.1, 0.15) is 5.54 Å². The molecule has 126 valence electrons. The van der Waals surface area contributed by atoms with Gasteiger partial charge in [-0.3, -0.25) is 9.48 Å². The molecule has 0 aliphatic heterocycles. The number of amides is 1. The average Bonchev–Trinajstić information content (AvgIpc) is 3.01. The fourth-order valence-electron chi connectivity index (χ4n) is 3.37. The summed E-state index contributed by atoms with van der Waals surface area (Å²) in [6.45, 7) is 6.18. The Labute approximate surface area is 136 Å². The first-order chi connectivity index (χ1) is 10.7. The van der Waals surface area contributed by atoms with Crippen LogP contribution in [0, 0.1) is 0 Å². The van der Waals surface area contributed by atoms with Gasteiger partial charge in [0, 0.05) is 11.6 Å². The van der Waals surface area contributed by atoms with E-state index in [0.717, 1.165) is 31.4 Å². The molecule has 0 unspecified atom stereocenters. The Balaban J connectivity index is 1.86. The number of nitrogens with one attached hydrogen (secondary N) is 1. The minimum atomic E-state index is -1.12. The molecule has 0 aromatic carbocycles. The lowest BCUT2D eigenvalue weighted by Gasteiger charge is -2.25. The first kappa shape index (κ1) is 16.0. The molecule has 3 rings (SSSR count). The number of carboxylic acid groups (broad SMARTS) is 1. The van der Waals surface area contributed by atoms with Crippen LogP contribution in [-0.4, -0.2) is 32.3 Å². The number of rotatable bonds is 4. The predicted molar refractivity (Wildman–Crippen MR) is 85.5 cm³/mol. The van der Waals surface area contributed by atoms with Crippen LogP contribution in [0.15, 0.2) is 6.07 Å². The Hall–Kier alpha value is -1.85. The maximum absolute atomic E-state index is 12.6. The van der Waals surface area contributed by atoms with Crippen LogP contribution in [0.25, 0.3) is 0 Å². The van der Waals surface area contributed by atoms with Crippen molar-refractivity contribution in [3.05, 3.63) is 17.5 Å². The molecule has 2 N–H and O–H groups in total. The Bertz CT molecular complexity index is 632. The number of carboxylic acids is 1. The van der Waals surface area contributed by atoms with Gasteiger partial charge < -0.3 is 10.4 Å². The molecule has 2 aliphatic carbocycles. The molecule has 1 amide bonds. The molecule has 2 fully saturated rings. The third-order valence-electron chi connectivity index (χ3n) is 4.82. The van der Waals surface area contributed by atoms with Gasteiger partial charge >= 0.3 is 5.97 Å². The fraction of sp³-hybridized carbons (Fsp3) is 0.706. The van der Waals surface area contributed by atoms with E-state index in [4.69, 9.17) is 0 Å². The molecule has 0 bridgehead atoms. The summed E-state index contributed by atoms with van der Waals surface area (Å²) in [4.78, 5) is 24.2. The maximum Gasteiger partial charge on any atom is 0.329 e. The normalized spacial score (nSPS) is 20.5. The molecule has 0 atom stereocenters. The van der Waals surface area contributed by atoms with Crippen LogP contribution in [0.3, 0.4) is 0 Å². The van der Waals surface area contributed by atoms with Gasteiger partial charge in [-0.1, -0.05) is 12.8 Å². The molecule has 0 spiro atoms. The fourth-order valence-corrected chi connectivity index (χ4v) is 3.37. The van der Waals surface area contributed by atoms with Gasteiger partial charge in [-0.25, -0.2) is 4.79 Å². The van der Waals surface area contributed by atoms with Crippen molar-refractivity contribution in [3.63, 3.8) is 0 Å². The standard InChI is InChI=1S/C17H25N3O3/c1-16(2,3)20-13(11-6-7-11)10-12(19-20)14(21)18-17(15(22)23)8-4-5-9-17/h10-11H,4-9H2,1-3H3,(H,18,21)(H,22,23). The van der Waals surface area contributed by atoms with E-state index in [1.807, 2.05) is 10.7 Å². The van der Waals surface area contributed by atoms with Crippen molar-refractivity contribution in [2.75, 3.05) is 0 Å². The Kier molecular flexibility index (Phi) is 3.73. The lowest BCUT2D eigenvalue weighted by Crippen LogP contribution is -2.52. The summed E-state index contributed by atoms with van der Waals surface area (Å²) < 4.78 is 1.92. The van der Waals surface area contributed by atoms with E-state index in [0.29, 0.717) is 24.5 Å². The van der Waals surface area contributed by atoms with Crippen LogP contribution in [0.4, 0.5) is 0 Å². The number of aromatic nitrogens is 2. The Morgan fingerprint density at radius 2 is 1.91 bits per heavy atom. The molecule has 2 aliphatic rings. The molecule has 6 nitrogen and oxygen atoms in total. The second-order valence-electron chi connectivity index (χ2n) is 7.86. The number of carbonyl (C=O) groups excluding carboxylic acids is 1. The smallest absolute Gasteiger partial charge is 0.329 e. The van der Waals surface area contributed by atoms with Crippen LogP contribution in [0.5, 0.6) is 0 Å². The van der Waals surface area contributed by atoms with Gasteiger partial charge in [0.2, 0.25) is 0 Å². The first-order valence-corrected chi connectivity index (χ1v) is 8.39. The van der Waals surface area contributed by atoms with E-state index < -0.39 is 11.5 Å². The highest BCUT2D eigenvalue weighted by molar-refractivity contribution is 5.96. The van der Waals surface area contributed by atoms with Gasteiger partial charge in [-0.05, 0) is 52.5 Å². The highest BCUT2D eigenvalue weighted by Crippen LogP contribution is 2.41. The molecule has 1 aromatic heterocycles. The summed E-state index contributed by atoms with van der Waals surface area (Å²) in [5.41, 5.74) is 0.0872. The zero-order chi connectivity index (χ0) is 16.8. The van der Waals surface area contributed by atoms with E-state index in [1.165, 1.54) is 0 Å². The van der Waals surface area contributed by atoms with E-state index in [9.17, 15) is 14.7 Å². The van der Waals surface area contributed by atoms with Gasteiger partial charge in [0.25, 0.3) is 5.91 Å². The molecule has 0 saturated heterocycles. The summed E-state index contributed by atoms with van der Waals surface area (Å²) in [6, 6.07) is 1.84. The van der Waals surface area contributed by atoms with Crippen molar-refractivity contribution in [1.29, 1.82) is 0 Å². The van der Waals surface area contributed by atoms with Crippen molar-refractivity contribution in [1.82, 2.24) is 15.1 Å². The molecule has 1 heterocycles. The molecule has 0 radical (unpaired) electrons. The highest BCUT2D eigenvalue weighted by Gasteiger charge is 2.43. The maximum atomic E-state index is 12.6. The van der Waals surface area contributed by atoms with Gasteiger partial charge in [-0.15, -0.1) is 0 Å². The third kappa shape index (κ3) is 2.99. The van der Waals surface area contributed by atoms with Gasteiger partial charge in [0.05, 0.1) is 5.54 Å². The molecule has 23 heavy (non-hydrogen) atoms. The van der Waals surface area contributed by atoms with Crippen molar-refractivity contribution >= 4 is 11.9 Å². The topological polar surface area (TPSA) is 84.2 Å². The number of nitrogens with zero attached hydrogens (tertiary/aromatic N) is 2. The van der Waals surface area contributed by atoms with Crippen LogP contribution < -0.4 is 5.32 Å². The van der Waals surface area contributed by atoms with Crippen molar-refractivity contribution < 1.29 is 14.7 Å². The molecular formula is C17H25N3O3. The quantitative estimate of drug-likeness (QED) is 0.893. The Morgan fingerprint density at radius 3 is 2.39 bits per heavy atom. The number of aliphatic carboxylic acids is 1. The highest BCUT2D eigenvalue weighted by atomic mass is 16.4. The van der Waals surface area contributed by atoms with Crippen LogP contribution in [0.2, 0.25) is 0 Å². The summed E-state index contributed by atoms with van der Waals surface area (Å²) in [6.07, 6.45) is 4.89. The van der Waals surface area contributed by atoms with E-state index >= 15 is 0 Å². The van der Waals surface area contributed by atoms with Crippen molar-refractivity contribution in [3.8, 4) is 0 Å².